The van der Waals surface area contributed by atoms with Gasteiger partial charge in [-0.15, -0.1) is 0 Å². The smallest absolute Gasteiger partial charge is 0.303 e. The Morgan fingerprint density at radius 3 is 2.50 bits per heavy atom. The highest BCUT2D eigenvalue weighted by molar-refractivity contribution is 6.00. The van der Waals surface area contributed by atoms with Crippen molar-refractivity contribution in [3.05, 3.63) is 35.4 Å². The van der Waals surface area contributed by atoms with Gasteiger partial charge in [-0.2, -0.15) is 0 Å². The summed E-state index contributed by atoms with van der Waals surface area (Å²) in [6.45, 7) is 1.81. The lowest BCUT2D eigenvalue weighted by Gasteiger charge is -2.48. The molecule has 1 aliphatic carbocycles. The Balaban J connectivity index is 1.86. The lowest BCUT2D eigenvalue weighted by molar-refractivity contribution is -0.138. The van der Waals surface area contributed by atoms with Crippen LogP contribution in [0.2, 0.25) is 0 Å². The topological polar surface area (TPSA) is 116 Å². The van der Waals surface area contributed by atoms with Crippen LogP contribution in [0, 0.1) is 22.7 Å². The second-order valence-corrected chi connectivity index (χ2v) is 7.79. The summed E-state index contributed by atoms with van der Waals surface area (Å²) in [6.07, 6.45) is 4.62. The third-order valence-electron chi connectivity index (χ3n) is 6.12. The summed E-state index contributed by atoms with van der Waals surface area (Å²) in [5.74, 6) is -0.804. The van der Waals surface area contributed by atoms with Crippen LogP contribution in [-0.4, -0.2) is 35.8 Å². The van der Waals surface area contributed by atoms with E-state index in [0.717, 1.165) is 38.8 Å². The predicted molar refractivity (Wildman–Crippen MR) is 99.4 cm³/mol. The molecule has 6 heteroatoms. The lowest BCUT2D eigenvalue weighted by atomic mass is 9.58. The predicted octanol–water partition coefficient (Wildman–Crippen LogP) is 2.41. The maximum Gasteiger partial charge on any atom is 0.303 e. The number of piperidine rings is 1. The average Bonchev–Trinajstić information content (AvgIpc) is 2.63. The van der Waals surface area contributed by atoms with Crippen molar-refractivity contribution in [1.29, 1.82) is 5.41 Å². The van der Waals surface area contributed by atoms with E-state index >= 15 is 0 Å². The maximum absolute atomic E-state index is 13.3. The fourth-order valence-corrected chi connectivity index (χ4v) is 4.70. The zero-order chi connectivity index (χ0) is 18.7. The minimum absolute atomic E-state index is 0.0175. The molecule has 3 atom stereocenters. The summed E-state index contributed by atoms with van der Waals surface area (Å²) >= 11 is 0. The quantitative estimate of drug-likeness (QED) is 0.367. The van der Waals surface area contributed by atoms with Gasteiger partial charge in [0.05, 0.1) is 0 Å². The van der Waals surface area contributed by atoms with Gasteiger partial charge in [-0.3, -0.25) is 15.0 Å². The van der Waals surface area contributed by atoms with Gasteiger partial charge in [0.15, 0.2) is 5.78 Å². The molecule has 1 heterocycles. The Kier molecular flexibility index (Phi) is 5.41. The number of benzene rings is 1. The van der Waals surface area contributed by atoms with Gasteiger partial charge in [-0.25, -0.2) is 0 Å². The SMILES string of the molecule is N=C(N)c1ccc(C(=O)C2CC(CC(=O)O)CCC23CCCNC3)cc1. The fourth-order valence-electron chi connectivity index (χ4n) is 4.70. The Hall–Kier alpha value is -2.21. The van der Waals surface area contributed by atoms with Crippen molar-refractivity contribution >= 4 is 17.6 Å². The molecule has 5 N–H and O–H groups in total. The van der Waals surface area contributed by atoms with Gasteiger partial charge in [0.1, 0.15) is 5.84 Å². The number of nitrogens with two attached hydrogens (primary N) is 1. The minimum Gasteiger partial charge on any atom is -0.481 e. The summed E-state index contributed by atoms with van der Waals surface area (Å²) in [5, 5.41) is 20.1. The van der Waals surface area contributed by atoms with Crippen LogP contribution >= 0.6 is 0 Å². The first-order chi connectivity index (χ1) is 12.4. The van der Waals surface area contributed by atoms with E-state index in [2.05, 4.69) is 5.32 Å². The Labute approximate surface area is 153 Å². The van der Waals surface area contributed by atoms with Crippen LogP contribution in [0.3, 0.4) is 0 Å². The molecule has 140 valence electrons. The van der Waals surface area contributed by atoms with Crippen LogP contribution in [0.25, 0.3) is 0 Å². The van der Waals surface area contributed by atoms with Crippen LogP contribution in [0.4, 0.5) is 0 Å². The van der Waals surface area contributed by atoms with Crippen LogP contribution in [0.1, 0.15) is 54.4 Å². The summed E-state index contributed by atoms with van der Waals surface area (Å²) < 4.78 is 0. The van der Waals surface area contributed by atoms with Crippen molar-refractivity contribution in [2.45, 2.75) is 38.5 Å². The van der Waals surface area contributed by atoms with E-state index in [9.17, 15) is 9.59 Å². The highest BCUT2D eigenvalue weighted by atomic mass is 16.4. The van der Waals surface area contributed by atoms with Gasteiger partial charge in [0.25, 0.3) is 0 Å². The molecule has 3 rings (SSSR count). The van der Waals surface area contributed by atoms with Crippen molar-refractivity contribution in [2.24, 2.45) is 23.0 Å². The molecule has 2 aliphatic rings. The molecule has 1 saturated heterocycles. The van der Waals surface area contributed by atoms with Crippen LogP contribution in [-0.2, 0) is 4.79 Å². The number of carboxylic acids is 1. The zero-order valence-corrected chi connectivity index (χ0v) is 15.0. The van der Waals surface area contributed by atoms with E-state index in [1.165, 1.54) is 0 Å². The molecule has 1 aliphatic heterocycles. The van der Waals surface area contributed by atoms with E-state index in [1.54, 1.807) is 24.3 Å². The molecule has 0 aromatic heterocycles. The van der Waals surface area contributed by atoms with E-state index < -0.39 is 5.97 Å². The van der Waals surface area contributed by atoms with Gasteiger partial charge in [0.2, 0.25) is 0 Å². The molecule has 3 unspecified atom stereocenters. The van der Waals surface area contributed by atoms with Gasteiger partial charge >= 0.3 is 5.97 Å². The summed E-state index contributed by atoms with van der Waals surface area (Å²) in [6, 6.07) is 6.89. The normalized spacial score (nSPS) is 28.6. The largest absolute Gasteiger partial charge is 0.481 e. The molecule has 26 heavy (non-hydrogen) atoms. The van der Waals surface area contributed by atoms with Crippen molar-refractivity contribution in [3.8, 4) is 0 Å². The lowest BCUT2D eigenvalue weighted by Crippen LogP contribution is -2.50. The fraction of sp³-hybridized carbons (Fsp3) is 0.550. The van der Waals surface area contributed by atoms with Crippen LogP contribution < -0.4 is 11.1 Å². The van der Waals surface area contributed by atoms with Crippen LogP contribution in [0.15, 0.2) is 24.3 Å². The molecule has 0 amide bonds. The van der Waals surface area contributed by atoms with Gasteiger partial charge in [-0.05, 0) is 50.0 Å². The number of Topliss-reactive ketones (excluding diaryl/α,β-unsaturated/α-hetero) is 1. The third-order valence-corrected chi connectivity index (χ3v) is 6.12. The summed E-state index contributed by atoms with van der Waals surface area (Å²) in [5.41, 5.74) is 6.65. The number of carbonyl (C=O) groups excluding carboxylic acids is 1. The second kappa shape index (κ2) is 7.58. The first-order valence-corrected chi connectivity index (χ1v) is 9.32. The zero-order valence-electron chi connectivity index (χ0n) is 15.0. The number of nitrogen functional groups attached to an aromatic ring is 1. The number of hydrogen-bond acceptors (Lipinski definition) is 4. The molecule has 2 fully saturated rings. The van der Waals surface area contributed by atoms with Crippen molar-refractivity contribution < 1.29 is 14.7 Å². The van der Waals surface area contributed by atoms with E-state index in [0.29, 0.717) is 17.5 Å². The van der Waals surface area contributed by atoms with Gasteiger partial charge < -0.3 is 16.2 Å². The van der Waals surface area contributed by atoms with E-state index in [4.69, 9.17) is 16.2 Å². The van der Waals surface area contributed by atoms with Gasteiger partial charge in [-0.1, -0.05) is 24.3 Å². The van der Waals surface area contributed by atoms with Gasteiger partial charge in [0, 0.05) is 30.0 Å². The molecule has 1 spiro atoms. The average molecular weight is 357 g/mol. The van der Waals surface area contributed by atoms with Crippen molar-refractivity contribution in [1.82, 2.24) is 5.32 Å². The number of rotatable bonds is 5. The van der Waals surface area contributed by atoms with Crippen molar-refractivity contribution in [2.75, 3.05) is 13.1 Å². The van der Waals surface area contributed by atoms with E-state index in [1.807, 2.05) is 0 Å². The molecule has 6 nitrogen and oxygen atoms in total. The van der Waals surface area contributed by atoms with Crippen molar-refractivity contribution in [3.63, 3.8) is 0 Å². The summed E-state index contributed by atoms with van der Waals surface area (Å²) in [7, 11) is 0. The molecule has 0 bridgehead atoms. The maximum atomic E-state index is 13.3. The number of ketones is 1. The molecule has 1 saturated carbocycles. The number of amidine groups is 1. The molecule has 1 aromatic carbocycles. The first kappa shape index (κ1) is 18.6. The molecular formula is C20H27N3O3. The Bertz CT molecular complexity index is 693. The van der Waals surface area contributed by atoms with Crippen LogP contribution in [0.5, 0.6) is 0 Å². The Morgan fingerprint density at radius 2 is 1.92 bits per heavy atom. The molecule has 0 radical (unpaired) electrons. The third kappa shape index (κ3) is 3.80. The number of carboxylic acid groups (broad SMARTS) is 1. The monoisotopic (exact) mass is 357 g/mol. The highest BCUT2D eigenvalue weighted by Crippen LogP contribution is 2.49. The molecular weight excluding hydrogens is 330 g/mol. The number of aliphatic carboxylic acids is 1. The second-order valence-electron chi connectivity index (χ2n) is 7.79. The van der Waals surface area contributed by atoms with E-state index in [-0.39, 0.29) is 35.3 Å². The Morgan fingerprint density at radius 1 is 1.23 bits per heavy atom. The standard InChI is InChI=1S/C20H27N3O3/c21-19(22)15-4-2-14(3-5-15)18(26)16-10-13(11-17(24)25)6-8-20(16)7-1-9-23-12-20/h2-5,13,16,23H,1,6-12H2,(H3,21,22)(H,24,25). The first-order valence-electron chi connectivity index (χ1n) is 9.32. The number of hydrogen-bond donors (Lipinski definition) is 4. The number of nitrogens with one attached hydrogen (secondary N) is 2. The molecule has 1 aromatic rings. The highest BCUT2D eigenvalue weighted by Gasteiger charge is 2.47. The minimum atomic E-state index is -0.787. The summed E-state index contributed by atoms with van der Waals surface area (Å²) in [4.78, 5) is 24.5. The number of carbonyl (C=O) groups is 2.